The van der Waals surface area contributed by atoms with E-state index < -0.39 is 0 Å². The van der Waals surface area contributed by atoms with Gasteiger partial charge >= 0.3 is 0 Å². The van der Waals surface area contributed by atoms with Gasteiger partial charge in [-0.3, -0.25) is 24.3 Å². The number of nitrogens with one attached hydrogen (secondary N) is 5. The SMILES string of the molecule is CCCNCCN(CCN(CCNCCN)CCNCCN(CCC)CCNC(=O)c1ccc(O)c(O)c1)CN(CCN)CCNC(=O)c1ccc(O)c(O)c1. The summed E-state index contributed by atoms with van der Waals surface area (Å²) in [4.78, 5) is 34.6. The van der Waals surface area contributed by atoms with Gasteiger partial charge in [-0.05, 0) is 62.3 Å². The molecule has 0 aromatic heterocycles. The first-order valence-electron chi connectivity index (χ1n) is 20.1. The van der Waals surface area contributed by atoms with Gasteiger partial charge in [0.05, 0.1) is 6.67 Å². The first-order valence-corrected chi connectivity index (χ1v) is 20.1. The number of hydrogen-bond donors (Lipinski definition) is 11. The lowest BCUT2D eigenvalue weighted by atomic mass is 10.2. The molecule has 17 heteroatoms. The number of nitrogens with two attached hydrogens (primary N) is 2. The second-order valence-corrected chi connectivity index (χ2v) is 13.8. The average molecular weight is 790 g/mol. The quantitative estimate of drug-likeness (QED) is 0.0245. The number of aromatic hydroxyl groups is 4. The summed E-state index contributed by atoms with van der Waals surface area (Å²) in [5.74, 6) is -1.80. The average Bonchev–Trinajstić information content (AvgIpc) is 3.18. The second-order valence-electron chi connectivity index (χ2n) is 13.8. The fourth-order valence-corrected chi connectivity index (χ4v) is 6.03. The lowest BCUT2D eigenvalue weighted by molar-refractivity contribution is 0.0926. The van der Waals surface area contributed by atoms with Crippen LogP contribution in [0.3, 0.4) is 0 Å². The molecule has 2 aromatic carbocycles. The number of phenolic OH excluding ortho intramolecular Hbond substituents is 4. The van der Waals surface area contributed by atoms with E-state index in [4.69, 9.17) is 11.5 Å². The van der Waals surface area contributed by atoms with Crippen LogP contribution in [-0.4, -0.2) is 189 Å². The molecule has 0 saturated carbocycles. The van der Waals surface area contributed by atoms with Crippen LogP contribution in [0.2, 0.25) is 0 Å². The van der Waals surface area contributed by atoms with Crippen molar-refractivity contribution in [3.8, 4) is 23.0 Å². The Morgan fingerprint density at radius 1 is 0.482 bits per heavy atom. The topological polar surface area (TPSA) is 240 Å². The maximum atomic E-state index is 12.7. The molecule has 0 bridgehead atoms. The first-order chi connectivity index (χ1) is 27.1. The summed E-state index contributed by atoms with van der Waals surface area (Å²) in [5, 5.41) is 55.0. The van der Waals surface area contributed by atoms with Gasteiger partial charge in [-0.15, -0.1) is 0 Å². The van der Waals surface area contributed by atoms with E-state index in [0.29, 0.717) is 58.0 Å². The Balaban J connectivity index is 1.90. The minimum atomic E-state index is -0.333. The van der Waals surface area contributed by atoms with E-state index in [1.807, 2.05) is 0 Å². The van der Waals surface area contributed by atoms with Crippen molar-refractivity contribution in [3.63, 3.8) is 0 Å². The Morgan fingerprint density at radius 3 is 1.39 bits per heavy atom. The van der Waals surface area contributed by atoms with Gasteiger partial charge in [0, 0.05) is 129 Å². The van der Waals surface area contributed by atoms with Crippen molar-refractivity contribution in [3.05, 3.63) is 47.5 Å². The van der Waals surface area contributed by atoms with Crippen LogP contribution in [0.5, 0.6) is 23.0 Å². The zero-order valence-corrected chi connectivity index (χ0v) is 33.8. The van der Waals surface area contributed by atoms with Gasteiger partial charge in [-0.2, -0.15) is 0 Å². The van der Waals surface area contributed by atoms with Crippen molar-refractivity contribution in [2.75, 3.05) is 138 Å². The molecule has 0 aliphatic rings. The van der Waals surface area contributed by atoms with Crippen molar-refractivity contribution >= 4 is 11.8 Å². The molecule has 318 valence electrons. The van der Waals surface area contributed by atoms with E-state index >= 15 is 0 Å². The molecule has 0 spiro atoms. The number of hydrogen-bond acceptors (Lipinski definition) is 15. The third-order valence-corrected chi connectivity index (χ3v) is 9.19. The number of carbonyl (C=O) groups is 2. The van der Waals surface area contributed by atoms with Crippen molar-refractivity contribution < 1.29 is 30.0 Å². The van der Waals surface area contributed by atoms with Crippen LogP contribution in [0, 0.1) is 0 Å². The molecule has 2 aromatic rings. The fourth-order valence-electron chi connectivity index (χ4n) is 6.03. The number of amides is 2. The molecule has 13 N–H and O–H groups in total. The predicted molar refractivity (Wildman–Crippen MR) is 222 cm³/mol. The molecule has 0 aliphatic heterocycles. The molecule has 0 atom stereocenters. The Bertz CT molecular complexity index is 1370. The van der Waals surface area contributed by atoms with Crippen LogP contribution in [-0.2, 0) is 0 Å². The number of nitrogens with zero attached hydrogens (tertiary/aromatic N) is 4. The molecule has 0 unspecified atom stereocenters. The van der Waals surface area contributed by atoms with Crippen molar-refractivity contribution in [2.24, 2.45) is 11.5 Å². The number of benzene rings is 2. The van der Waals surface area contributed by atoms with Gasteiger partial charge in [0.25, 0.3) is 11.8 Å². The smallest absolute Gasteiger partial charge is 0.251 e. The van der Waals surface area contributed by atoms with Gasteiger partial charge in [0.1, 0.15) is 0 Å². The molecule has 0 heterocycles. The van der Waals surface area contributed by atoms with E-state index in [1.165, 1.54) is 36.4 Å². The summed E-state index contributed by atoms with van der Waals surface area (Å²) in [6.45, 7) is 20.1. The van der Waals surface area contributed by atoms with Gasteiger partial charge in [-0.25, -0.2) is 0 Å². The highest BCUT2D eigenvalue weighted by atomic mass is 16.3. The summed E-state index contributed by atoms with van der Waals surface area (Å²) in [6.07, 6.45) is 2.06. The molecule has 2 amide bonds. The van der Waals surface area contributed by atoms with Crippen molar-refractivity contribution in [2.45, 2.75) is 26.7 Å². The van der Waals surface area contributed by atoms with E-state index in [0.717, 1.165) is 97.9 Å². The molecular weight excluding hydrogens is 718 g/mol. The molecule has 56 heavy (non-hydrogen) atoms. The number of phenols is 4. The Labute approximate surface area is 333 Å². The largest absolute Gasteiger partial charge is 0.504 e. The van der Waals surface area contributed by atoms with Crippen LogP contribution in [0.1, 0.15) is 47.4 Å². The summed E-state index contributed by atoms with van der Waals surface area (Å²) in [5.41, 5.74) is 12.3. The van der Waals surface area contributed by atoms with Crippen LogP contribution >= 0.6 is 0 Å². The van der Waals surface area contributed by atoms with Gasteiger partial charge in [-0.1, -0.05) is 13.8 Å². The summed E-state index contributed by atoms with van der Waals surface area (Å²) >= 11 is 0. The Morgan fingerprint density at radius 2 is 0.911 bits per heavy atom. The van der Waals surface area contributed by atoms with Crippen molar-refractivity contribution in [1.82, 2.24) is 46.2 Å². The normalized spacial score (nSPS) is 11.6. The lowest BCUT2D eigenvalue weighted by Gasteiger charge is -2.32. The van der Waals surface area contributed by atoms with Gasteiger partial charge in [0.2, 0.25) is 0 Å². The van der Waals surface area contributed by atoms with E-state index in [2.05, 4.69) is 60.0 Å². The third-order valence-electron chi connectivity index (χ3n) is 9.19. The zero-order valence-electron chi connectivity index (χ0n) is 33.8. The van der Waals surface area contributed by atoms with Crippen molar-refractivity contribution in [1.29, 1.82) is 0 Å². The minimum Gasteiger partial charge on any atom is -0.504 e. The number of carbonyl (C=O) groups excluding carboxylic acids is 2. The number of rotatable bonds is 33. The van der Waals surface area contributed by atoms with Gasteiger partial charge in [0.15, 0.2) is 23.0 Å². The standard InChI is InChI=1S/C39H71N11O6/c1-3-11-42-16-24-50(31-49(20-10-41)26-18-46-39(56)33-6-8-35(52)37(54)30-33)28-27-48(22-13-43-12-9-40)23-15-44-14-21-47(19-4-2)25-17-45-38(55)32-5-7-34(51)36(53)29-32/h5-8,29-30,42-44,51-54H,3-4,9-28,31,40-41H2,1-2H3,(H,45,55)(H,46,56). The Kier molecular flexibility index (Phi) is 25.4. The highest BCUT2D eigenvalue weighted by Gasteiger charge is 2.16. The monoisotopic (exact) mass is 790 g/mol. The second kappa shape index (κ2) is 29.5. The highest BCUT2D eigenvalue weighted by molar-refractivity contribution is 5.95. The molecular formula is C39H71N11O6. The summed E-state index contributed by atoms with van der Waals surface area (Å²) in [7, 11) is 0. The molecule has 2 rings (SSSR count). The minimum absolute atomic E-state index is 0.259. The molecule has 0 saturated heterocycles. The van der Waals surface area contributed by atoms with Gasteiger partial charge < -0.3 is 63.4 Å². The van der Waals surface area contributed by atoms with Crippen LogP contribution < -0.4 is 38.1 Å². The fraction of sp³-hybridized carbons (Fsp3) is 0.641. The Hall–Kier alpha value is -3.78. The molecule has 0 fully saturated rings. The maximum absolute atomic E-state index is 12.7. The van der Waals surface area contributed by atoms with Crippen LogP contribution in [0.25, 0.3) is 0 Å². The van der Waals surface area contributed by atoms with Crippen LogP contribution in [0.15, 0.2) is 36.4 Å². The zero-order chi connectivity index (χ0) is 41.0. The summed E-state index contributed by atoms with van der Waals surface area (Å²) in [6, 6.07) is 8.07. The molecule has 17 nitrogen and oxygen atoms in total. The van der Waals surface area contributed by atoms with E-state index in [1.54, 1.807) is 0 Å². The van der Waals surface area contributed by atoms with E-state index in [-0.39, 0.29) is 40.4 Å². The lowest BCUT2D eigenvalue weighted by Crippen LogP contribution is -2.48. The maximum Gasteiger partial charge on any atom is 0.251 e. The highest BCUT2D eigenvalue weighted by Crippen LogP contribution is 2.25. The molecule has 0 aliphatic carbocycles. The van der Waals surface area contributed by atoms with E-state index in [9.17, 15) is 30.0 Å². The molecule has 0 radical (unpaired) electrons. The predicted octanol–water partition coefficient (Wildman–Crippen LogP) is -0.659. The first kappa shape index (κ1) is 48.4. The third kappa shape index (κ3) is 20.4. The van der Waals surface area contributed by atoms with Crippen LogP contribution in [0.4, 0.5) is 0 Å². The summed E-state index contributed by atoms with van der Waals surface area (Å²) < 4.78 is 0.